The zero-order valence-electron chi connectivity index (χ0n) is 21.5. The summed E-state index contributed by atoms with van der Waals surface area (Å²) in [6.07, 6.45) is 1.02. The van der Waals surface area contributed by atoms with Gasteiger partial charge in [0.05, 0.1) is 11.9 Å². The predicted molar refractivity (Wildman–Crippen MR) is 137 cm³/mol. The average Bonchev–Trinajstić information content (AvgIpc) is 2.74. The van der Waals surface area contributed by atoms with Gasteiger partial charge < -0.3 is 10.2 Å². The summed E-state index contributed by atoms with van der Waals surface area (Å²) < 4.78 is 40.7. The van der Waals surface area contributed by atoms with Crippen molar-refractivity contribution in [2.45, 2.75) is 65.6 Å². The largest absolute Gasteiger partial charge is 0.352 e. The smallest absolute Gasteiger partial charge is 0.244 e. The van der Waals surface area contributed by atoms with Gasteiger partial charge in [-0.15, -0.1) is 0 Å². The molecule has 35 heavy (non-hydrogen) atoms. The normalized spacial score (nSPS) is 12.8. The quantitative estimate of drug-likeness (QED) is 0.561. The third-order valence-electron chi connectivity index (χ3n) is 5.60. The van der Waals surface area contributed by atoms with Crippen molar-refractivity contribution >= 4 is 27.5 Å². The number of sulfonamides is 1. The number of hydrogen-bond donors (Lipinski definition) is 1. The zero-order valence-corrected chi connectivity index (χ0v) is 22.3. The molecule has 1 N–H and O–H groups in total. The first kappa shape index (κ1) is 28.3. The summed E-state index contributed by atoms with van der Waals surface area (Å²) in [6.45, 7) is 10.6. The highest BCUT2D eigenvalue weighted by Crippen LogP contribution is 2.26. The number of carbonyl (C=O) groups excluding carboxylic acids is 2. The number of carbonyl (C=O) groups is 2. The number of benzene rings is 2. The molecule has 2 aromatic rings. The molecular formula is C26H36FN3O4S. The van der Waals surface area contributed by atoms with Crippen molar-refractivity contribution < 1.29 is 22.4 Å². The van der Waals surface area contributed by atoms with Crippen LogP contribution in [-0.4, -0.2) is 50.0 Å². The van der Waals surface area contributed by atoms with E-state index in [0.29, 0.717) is 5.69 Å². The summed E-state index contributed by atoms with van der Waals surface area (Å²) in [4.78, 5) is 27.4. The second-order valence-corrected chi connectivity index (χ2v) is 11.9. The van der Waals surface area contributed by atoms with Gasteiger partial charge >= 0.3 is 0 Å². The van der Waals surface area contributed by atoms with E-state index in [1.807, 2.05) is 32.9 Å². The highest BCUT2D eigenvalue weighted by molar-refractivity contribution is 7.92. The van der Waals surface area contributed by atoms with Gasteiger partial charge in [0.25, 0.3) is 0 Å². The summed E-state index contributed by atoms with van der Waals surface area (Å²) >= 11 is 0. The molecule has 0 unspecified atom stereocenters. The third kappa shape index (κ3) is 7.78. The first-order chi connectivity index (χ1) is 16.1. The van der Waals surface area contributed by atoms with E-state index >= 15 is 0 Å². The number of nitrogens with one attached hydrogen (secondary N) is 1. The maximum Gasteiger partial charge on any atom is 0.244 e. The van der Waals surface area contributed by atoms with Crippen molar-refractivity contribution in [2.24, 2.45) is 0 Å². The molecule has 0 aliphatic heterocycles. The van der Waals surface area contributed by atoms with Gasteiger partial charge in [-0.1, -0.05) is 51.1 Å². The van der Waals surface area contributed by atoms with Crippen LogP contribution in [0.15, 0.2) is 48.5 Å². The number of nitrogens with zero attached hydrogens (tertiary/aromatic N) is 2. The molecule has 2 aromatic carbocycles. The molecule has 7 nitrogen and oxygen atoms in total. The number of halogens is 1. The van der Waals surface area contributed by atoms with Crippen LogP contribution in [0.25, 0.3) is 0 Å². The van der Waals surface area contributed by atoms with Crippen LogP contribution in [0.2, 0.25) is 0 Å². The Balaban J connectivity index is 2.41. The molecule has 0 radical (unpaired) electrons. The Morgan fingerprint density at radius 3 is 2.06 bits per heavy atom. The third-order valence-corrected chi connectivity index (χ3v) is 6.74. The van der Waals surface area contributed by atoms with Crippen molar-refractivity contribution in [3.63, 3.8) is 0 Å². The summed E-state index contributed by atoms with van der Waals surface area (Å²) in [6, 6.07) is 11.8. The molecule has 0 bridgehead atoms. The first-order valence-corrected chi connectivity index (χ1v) is 13.4. The van der Waals surface area contributed by atoms with E-state index in [-0.39, 0.29) is 23.6 Å². The number of rotatable bonds is 9. The molecule has 9 heteroatoms. The lowest BCUT2D eigenvalue weighted by atomic mass is 9.87. The predicted octanol–water partition coefficient (Wildman–Crippen LogP) is 3.83. The molecule has 0 saturated carbocycles. The molecule has 1 atom stereocenters. The molecular weight excluding hydrogens is 469 g/mol. The molecule has 0 aromatic heterocycles. The first-order valence-electron chi connectivity index (χ1n) is 11.5. The van der Waals surface area contributed by atoms with Crippen LogP contribution in [-0.2, 0) is 31.6 Å². The van der Waals surface area contributed by atoms with Crippen LogP contribution >= 0.6 is 0 Å². The monoisotopic (exact) mass is 505 g/mol. The van der Waals surface area contributed by atoms with Gasteiger partial charge in [-0.3, -0.25) is 13.9 Å². The highest BCUT2D eigenvalue weighted by Gasteiger charge is 2.31. The van der Waals surface area contributed by atoms with Crippen LogP contribution in [0, 0.1) is 5.82 Å². The number of anilines is 1. The summed E-state index contributed by atoms with van der Waals surface area (Å²) in [5.74, 6) is -1.55. The van der Waals surface area contributed by atoms with E-state index in [4.69, 9.17) is 0 Å². The topological polar surface area (TPSA) is 86.8 Å². The van der Waals surface area contributed by atoms with Crippen molar-refractivity contribution in [3.05, 3.63) is 65.5 Å². The minimum atomic E-state index is -3.83. The average molecular weight is 506 g/mol. The molecule has 0 heterocycles. The van der Waals surface area contributed by atoms with Gasteiger partial charge in [0.15, 0.2) is 0 Å². The summed E-state index contributed by atoms with van der Waals surface area (Å²) in [7, 11) is -3.83. The standard InChI is InChI=1S/C26H36FN3O4S/c1-18(2)28-25(32)19(3)29(16-20-10-8-9-11-23(20)27)24(31)17-30(35(7,33)34)22-14-12-21(13-15-22)26(4,5)6/h8-15,18-19H,16-17H2,1-7H3,(H,28,32)/t19-/m1/s1. The summed E-state index contributed by atoms with van der Waals surface area (Å²) in [5, 5.41) is 2.76. The van der Waals surface area contributed by atoms with Gasteiger partial charge in [-0.05, 0) is 49.9 Å². The Labute approximate surface area is 208 Å². The van der Waals surface area contributed by atoms with Gasteiger partial charge in [-0.25, -0.2) is 12.8 Å². The van der Waals surface area contributed by atoms with E-state index in [1.54, 1.807) is 39.0 Å². The zero-order chi connectivity index (χ0) is 26.6. The van der Waals surface area contributed by atoms with Crippen LogP contribution in [0.3, 0.4) is 0 Å². The van der Waals surface area contributed by atoms with Crippen molar-refractivity contribution in [1.82, 2.24) is 10.2 Å². The lowest BCUT2D eigenvalue weighted by molar-refractivity contribution is -0.139. The number of hydrogen-bond acceptors (Lipinski definition) is 4. The molecule has 0 spiro atoms. The SMILES string of the molecule is CC(C)NC(=O)[C@@H](C)N(Cc1ccccc1F)C(=O)CN(c1ccc(C(C)(C)C)cc1)S(C)(=O)=O. The molecule has 0 aliphatic rings. The van der Waals surface area contributed by atoms with Crippen molar-refractivity contribution in [2.75, 3.05) is 17.1 Å². The van der Waals surface area contributed by atoms with Gasteiger partial charge in [0.2, 0.25) is 21.8 Å². The molecule has 192 valence electrons. The maximum absolute atomic E-state index is 14.4. The van der Waals surface area contributed by atoms with Gasteiger partial charge in [0, 0.05) is 18.2 Å². The second kappa shape index (κ2) is 11.2. The van der Waals surface area contributed by atoms with Gasteiger partial charge in [-0.2, -0.15) is 0 Å². The Kier molecular flexibility index (Phi) is 9.06. The molecule has 0 saturated heterocycles. The minimum Gasteiger partial charge on any atom is -0.352 e. The van der Waals surface area contributed by atoms with Crippen LogP contribution < -0.4 is 9.62 Å². The van der Waals surface area contributed by atoms with Crippen molar-refractivity contribution in [1.29, 1.82) is 0 Å². The van der Waals surface area contributed by atoms with Crippen LogP contribution in [0.4, 0.5) is 10.1 Å². The van der Waals surface area contributed by atoms with Crippen LogP contribution in [0.1, 0.15) is 52.7 Å². The van der Waals surface area contributed by atoms with Crippen molar-refractivity contribution in [3.8, 4) is 0 Å². The Morgan fingerprint density at radius 1 is 1.00 bits per heavy atom. The Bertz CT molecular complexity index is 1140. The lowest BCUT2D eigenvalue weighted by Crippen LogP contribution is -2.52. The number of amides is 2. The summed E-state index contributed by atoms with van der Waals surface area (Å²) in [5.41, 5.74) is 1.45. The molecule has 0 fully saturated rings. The lowest BCUT2D eigenvalue weighted by Gasteiger charge is -2.32. The fraction of sp³-hybridized carbons (Fsp3) is 0.462. The van der Waals surface area contributed by atoms with E-state index in [9.17, 15) is 22.4 Å². The van der Waals surface area contributed by atoms with E-state index in [2.05, 4.69) is 5.32 Å². The van der Waals surface area contributed by atoms with E-state index in [1.165, 1.54) is 23.1 Å². The van der Waals surface area contributed by atoms with E-state index in [0.717, 1.165) is 16.1 Å². The fourth-order valence-corrected chi connectivity index (χ4v) is 4.39. The Hall–Kier alpha value is -2.94. The molecule has 2 amide bonds. The van der Waals surface area contributed by atoms with Gasteiger partial charge in [0.1, 0.15) is 18.4 Å². The van der Waals surface area contributed by atoms with E-state index < -0.39 is 40.2 Å². The highest BCUT2D eigenvalue weighted by atomic mass is 32.2. The van der Waals surface area contributed by atoms with Crippen LogP contribution in [0.5, 0.6) is 0 Å². The fourth-order valence-electron chi connectivity index (χ4n) is 3.54. The molecule has 2 rings (SSSR count). The second-order valence-electron chi connectivity index (χ2n) is 10.0. The maximum atomic E-state index is 14.4. The minimum absolute atomic E-state index is 0.125. The Morgan fingerprint density at radius 2 is 1.57 bits per heavy atom. The molecule has 0 aliphatic carbocycles.